The highest BCUT2D eigenvalue weighted by Gasteiger charge is 1.83. The molecule has 1 aromatic heterocycles. The quantitative estimate of drug-likeness (QED) is 0.587. The van der Waals surface area contributed by atoms with Crippen molar-refractivity contribution in [2.75, 3.05) is 0 Å². The Morgan fingerprint density at radius 1 is 1.67 bits per heavy atom. The van der Waals surface area contributed by atoms with Gasteiger partial charge in [-0.15, -0.1) is 0 Å². The topological polar surface area (TPSA) is 13.1 Å². The molecule has 1 heterocycles. The van der Waals surface area contributed by atoms with E-state index < -0.39 is 0 Å². The zero-order valence-electron chi connectivity index (χ0n) is 5.50. The highest BCUT2D eigenvalue weighted by molar-refractivity contribution is 5.41. The van der Waals surface area contributed by atoms with Gasteiger partial charge in [0.15, 0.2) is 0 Å². The van der Waals surface area contributed by atoms with Gasteiger partial charge in [-0.05, 0) is 24.6 Å². The summed E-state index contributed by atoms with van der Waals surface area (Å²) in [7, 11) is 0. The van der Waals surface area contributed by atoms with Crippen LogP contribution in [-0.4, -0.2) is 0 Å². The molecule has 0 bridgehead atoms. The standard InChI is InChI=1S/C8H10O/c1-2-3-5-8-6-4-7-9-8/h3-7H,2H2,1H3/b5-3-. The summed E-state index contributed by atoms with van der Waals surface area (Å²) in [6.07, 6.45) is 6.77. The minimum Gasteiger partial charge on any atom is -0.465 e. The number of allylic oxidation sites excluding steroid dienone is 1. The molecule has 1 heteroatoms. The van der Waals surface area contributed by atoms with Gasteiger partial charge in [0.2, 0.25) is 0 Å². The third-order valence-corrected chi connectivity index (χ3v) is 1.06. The molecule has 1 nitrogen and oxygen atoms in total. The molecular formula is C8H10O. The second-order valence-corrected chi connectivity index (χ2v) is 1.83. The Labute approximate surface area is 55.0 Å². The van der Waals surface area contributed by atoms with Crippen LogP contribution in [0.5, 0.6) is 0 Å². The summed E-state index contributed by atoms with van der Waals surface area (Å²) < 4.78 is 5.05. The Bertz CT molecular complexity index is 172. The highest BCUT2D eigenvalue weighted by atomic mass is 16.3. The normalized spacial score (nSPS) is 10.8. The fourth-order valence-corrected chi connectivity index (χ4v) is 0.620. The van der Waals surface area contributed by atoms with Crippen molar-refractivity contribution in [1.82, 2.24) is 0 Å². The summed E-state index contributed by atoms with van der Waals surface area (Å²) in [4.78, 5) is 0. The van der Waals surface area contributed by atoms with E-state index in [9.17, 15) is 0 Å². The average Bonchev–Trinajstić information content (AvgIpc) is 2.34. The summed E-state index contributed by atoms with van der Waals surface area (Å²) >= 11 is 0. The van der Waals surface area contributed by atoms with Gasteiger partial charge in [0.25, 0.3) is 0 Å². The van der Waals surface area contributed by atoms with Crippen LogP contribution in [0.25, 0.3) is 6.08 Å². The van der Waals surface area contributed by atoms with Gasteiger partial charge in [0.05, 0.1) is 6.26 Å². The van der Waals surface area contributed by atoms with Gasteiger partial charge in [-0.3, -0.25) is 0 Å². The van der Waals surface area contributed by atoms with Crippen molar-refractivity contribution in [3.8, 4) is 0 Å². The van der Waals surface area contributed by atoms with Crippen LogP contribution in [0, 0.1) is 0 Å². The van der Waals surface area contributed by atoms with Crippen molar-refractivity contribution in [3.63, 3.8) is 0 Å². The van der Waals surface area contributed by atoms with E-state index in [-0.39, 0.29) is 0 Å². The van der Waals surface area contributed by atoms with E-state index in [1.165, 1.54) is 0 Å². The molecule has 0 amide bonds. The molecule has 1 aromatic rings. The monoisotopic (exact) mass is 122 g/mol. The van der Waals surface area contributed by atoms with Crippen LogP contribution in [0.15, 0.2) is 28.9 Å². The van der Waals surface area contributed by atoms with E-state index >= 15 is 0 Å². The molecule has 0 aromatic carbocycles. The van der Waals surface area contributed by atoms with Crippen LogP contribution in [0.2, 0.25) is 0 Å². The first-order chi connectivity index (χ1) is 4.43. The second kappa shape index (κ2) is 3.13. The van der Waals surface area contributed by atoms with Crippen LogP contribution >= 0.6 is 0 Å². The molecule has 0 spiro atoms. The van der Waals surface area contributed by atoms with Crippen molar-refractivity contribution < 1.29 is 4.42 Å². The third kappa shape index (κ3) is 1.76. The summed E-state index contributed by atoms with van der Waals surface area (Å²) in [5.41, 5.74) is 0. The lowest BCUT2D eigenvalue weighted by Crippen LogP contribution is -1.57. The van der Waals surface area contributed by atoms with Crippen molar-refractivity contribution in [2.24, 2.45) is 0 Å². The molecule has 0 saturated carbocycles. The molecule has 0 saturated heterocycles. The molecule has 0 N–H and O–H groups in total. The maximum atomic E-state index is 5.05. The average molecular weight is 122 g/mol. The van der Waals surface area contributed by atoms with Crippen molar-refractivity contribution >= 4 is 6.08 Å². The van der Waals surface area contributed by atoms with E-state index in [0.717, 1.165) is 12.2 Å². The van der Waals surface area contributed by atoms with Gasteiger partial charge in [-0.25, -0.2) is 0 Å². The molecule has 1 rings (SSSR count). The molecule has 0 aliphatic rings. The maximum Gasteiger partial charge on any atom is 0.126 e. The SMILES string of the molecule is CC/C=C\c1ccco1. The lowest BCUT2D eigenvalue weighted by molar-refractivity contribution is 0.557. The van der Waals surface area contributed by atoms with E-state index in [0.29, 0.717) is 0 Å². The predicted octanol–water partition coefficient (Wildman–Crippen LogP) is 2.70. The number of rotatable bonds is 2. The van der Waals surface area contributed by atoms with Gasteiger partial charge in [0.1, 0.15) is 5.76 Å². The van der Waals surface area contributed by atoms with Gasteiger partial charge in [-0.1, -0.05) is 13.0 Å². The fraction of sp³-hybridized carbons (Fsp3) is 0.250. The molecule has 0 aliphatic heterocycles. The second-order valence-electron chi connectivity index (χ2n) is 1.83. The van der Waals surface area contributed by atoms with Crippen LogP contribution in [-0.2, 0) is 0 Å². The van der Waals surface area contributed by atoms with Crippen molar-refractivity contribution in [3.05, 3.63) is 30.2 Å². The molecule has 0 atom stereocenters. The minimum atomic E-state index is 0.928. The van der Waals surface area contributed by atoms with E-state index in [4.69, 9.17) is 4.42 Å². The summed E-state index contributed by atoms with van der Waals surface area (Å²) in [6, 6.07) is 3.82. The Kier molecular flexibility index (Phi) is 2.13. The summed E-state index contributed by atoms with van der Waals surface area (Å²) in [5.74, 6) is 0.928. The Hall–Kier alpha value is -0.980. The van der Waals surface area contributed by atoms with Crippen LogP contribution in [0.1, 0.15) is 19.1 Å². The molecule has 0 unspecified atom stereocenters. The molecule has 0 fully saturated rings. The summed E-state index contributed by atoms with van der Waals surface area (Å²) in [5, 5.41) is 0. The van der Waals surface area contributed by atoms with Gasteiger partial charge >= 0.3 is 0 Å². The molecule has 9 heavy (non-hydrogen) atoms. The zero-order chi connectivity index (χ0) is 6.53. The van der Waals surface area contributed by atoms with Crippen molar-refractivity contribution in [1.29, 1.82) is 0 Å². The number of hydrogen-bond donors (Lipinski definition) is 0. The Morgan fingerprint density at radius 2 is 2.56 bits per heavy atom. The first kappa shape index (κ1) is 6.14. The highest BCUT2D eigenvalue weighted by Crippen LogP contribution is 2.02. The van der Waals surface area contributed by atoms with E-state index in [1.807, 2.05) is 18.2 Å². The molecule has 0 aliphatic carbocycles. The van der Waals surface area contributed by atoms with Crippen LogP contribution < -0.4 is 0 Å². The predicted molar refractivity (Wildman–Crippen MR) is 38.0 cm³/mol. The number of hydrogen-bond acceptors (Lipinski definition) is 1. The lowest BCUT2D eigenvalue weighted by atomic mass is 10.3. The van der Waals surface area contributed by atoms with Crippen molar-refractivity contribution in [2.45, 2.75) is 13.3 Å². The lowest BCUT2D eigenvalue weighted by Gasteiger charge is -1.79. The van der Waals surface area contributed by atoms with Gasteiger partial charge < -0.3 is 4.42 Å². The number of furan rings is 1. The van der Waals surface area contributed by atoms with Gasteiger partial charge in [0, 0.05) is 0 Å². The first-order valence-electron chi connectivity index (χ1n) is 3.13. The molecule has 48 valence electrons. The van der Waals surface area contributed by atoms with E-state index in [1.54, 1.807) is 6.26 Å². The fourth-order valence-electron chi connectivity index (χ4n) is 0.620. The molecule has 0 radical (unpaired) electrons. The Balaban J connectivity index is 2.57. The summed E-state index contributed by atoms with van der Waals surface area (Å²) in [6.45, 7) is 2.10. The largest absolute Gasteiger partial charge is 0.465 e. The smallest absolute Gasteiger partial charge is 0.126 e. The molecular weight excluding hydrogens is 112 g/mol. The van der Waals surface area contributed by atoms with E-state index in [2.05, 4.69) is 13.0 Å². The van der Waals surface area contributed by atoms with Crippen LogP contribution in [0.4, 0.5) is 0 Å². The Morgan fingerprint density at radius 3 is 3.11 bits per heavy atom. The van der Waals surface area contributed by atoms with Gasteiger partial charge in [-0.2, -0.15) is 0 Å². The third-order valence-electron chi connectivity index (χ3n) is 1.06. The first-order valence-corrected chi connectivity index (χ1v) is 3.13. The van der Waals surface area contributed by atoms with Crippen LogP contribution in [0.3, 0.4) is 0 Å². The minimum absolute atomic E-state index is 0.928. The maximum absolute atomic E-state index is 5.05. The zero-order valence-corrected chi connectivity index (χ0v) is 5.50.